The molecule has 0 bridgehead atoms. The highest BCUT2D eigenvalue weighted by Crippen LogP contribution is 2.38. The average molecular weight is 487 g/mol. The topological polar surface area (TPSA) is 74.1 Å². The zero-order valence-electron chi connectivity index (χ0n) is 19.0. The summed E-state index contributed by atoms with van der Waals surface area (Å²) in [5, 5.41) is 9.12. The van der Waals surface area contributed by atoms with Crippen molar-refractivity contribution >= 4 is 40.1 Å². The van der Waals surface area contributed by atoms with Crippen LogP contribution in [0.2, 0.25) is 0 Å². The van der Waals surface area contributed by atoms with Gasteiger partial charge in [0.05, 0.1) is 11.8 Å². The first-order valence-corrected chi connectivity index (χ1v) is 12.2. The molecule has 2 aliphatic heterocycles. The van der Waals surface area contributed by atoms with E-state index in [1.807, 2.05) is 37.3 Å². The van der Waals surface area contributed by atoms with E-state index in [9.17, 15) is 14.0 Å². The van der Waals surface area contributed by atoms with Gasteiger partial charge < -0.3 is 5.32 Å². The number of nitrogens with zero attached hydrogens (tertiary/aromatic N) is 3. The third-order valence-electron chi connectivity index (χ3n) is 5.88. The zero-order chi connectivity index (χ0) is 24.4. The Kier molecular flexibility index (Phi) is 6.46. The summed E-state index contributed by atoms with van der Waals surface area (Å²) in [7, 11) is 0. The van der Waals surface area contributed by atoms with Gasteiger partial charge >= 0.3 is 0 Å². The van der Waals surface area contributed by atoms with Crippen molar-refractivity contribution < 1.29 is 14.0 Å². The van der Waals surface area contributed by atoms with Gasteiger partial charge in [-0.25, -0.2) is 9.40 Å². The van der Waals surface area contributed by atoms with Crippen molar-refractivity contribution in [1.29, 1.82) is 0 Å². The van der Waals surface area contributed by atoms with Gasteiger partial charge in [-0.15, -0.1) is 0 Å². The Morgan fingerprint density at radius 3 is 2.60 bits per heavy atom. The number of benzene rings is 3. The number of nitrogens with one attached hydrogen (secondary N) is 1. The number of anilines is 1. The maximum Gasteiger partial charge on any atom is 0.262 e. The summed E-state index contributed by atoms with van der Waals surface area (Å²) < 4.78 is 13.4. The van der Waals surface area contributed by atoms with Crippen molar-refractivity contribution in [3.8, 4) is 0 Å². The Morgan fingerprint density at radius 2 is 1.86 bits per heavy atom. The second kappa shape index (κ2) is 9.84. The third kappa shape index (κ3) is 5.17. The lowest BCUT2D eigenvalue weighted by Gasteiger charge is -2.23. The molecular formula is C27H23FN4O2S. The van der Waals surface area contributed by atoms with Crippen molar-refractivity contribution in [2.24, 2.45) is 10.1 Å². The predicted molar refractivity (Wildman–Crippen MR) is 137 cm³/mol. The lowest BCUT2D eigenvalue weighted by atomic mass is 9.98. The summed E-state index contributed by atoms with van der Waals surface area (Å²) in [4.78, 5) is 29.5. The molecule has 3 aromatic rings. The number of rotatable bonds is 5. The summed E-state index contributed by atoms with van der Waals surface area (Å²) in [6.45, 7) is 2.04. The van der Waals surface area contributed by atoms with Gasteiger partial charge in [0, 0.05) is 18.5 Å². The van der Waals surface area contributed by atoms with Gasteiger partial charge in [0.1, 0.15) is 11.1 Å². The Morgan fingerprint density at radius 1 is 1.09 bits per heavy atom. The van der Waals surface area contributed by atoms with E-state index >= 15 is 0 Å². The summed E-state index contributed by atoms with van der Waals surface area (Å²) >= 11 is 1.24. The van der Waals surface area contributed by atoms with Crippen molar-refractivity contribution in [3.63, 3.8) is 0 Å². The monoisotopic (exact) mass is 486 g/mol. The molecule has 176 valence electrons. The van der Waals surface area contributed by atoms with Gasteiger partial charge in [-0.3, -0.25) is 9.59 Å². The van der Waals surface area contributed by atoms with Crippen LogP contribution in [-0.4, -0.2) is 33.0 Å². The first kappa shape index (κ1) is 23.0. The van der Waals surface area contributed by atoms with Crippen molar-refractivity contribution in [1.82, 2.24) is 5.01 Å². The number of halogens is 1. The maximum atomic E-state index is 13.4. The van der Waals surface area contributed by atoms with Crippen molar-refractivity contribution in [2.75, 3.05) is 5.32 Å². The van der Waals surface area contributed by atoms with Crippen LogP contribution in [0.25, 0.3) is 0 Å². The average Bonchev–Trinajstić information content (AvgIpc) is 3.44. The summed E-state index contributed by atoms with van der Waals surface area (Å²) in [5.41, 5.74) is 4.53. The van der Waals surface area contributed by atoms with Crippen LogP contribution in [0.3, 0.4) is 0 Å². The number of aryl methyl sites for hydroxylation is 1. The lowest BCUT2D eigenvalue weighted by Crippen LogP contribution is -2.25. The van der Waals surface area contributed by atoms with Crippen LogP contribution >= 0.6 is 11.8 Å². The molecular weight excluding hydrogens is 463 g/mol. The summed E-state index contributed by atoms with van der Waals surface area (Å²) in [6.07, 6.45) is 0.608. The minimum Gasteiger partial charge on any atom is -0.326 e. The number of aliphatic imine (C=N–C) groups is 1. The predicted octanol–water partition coefficient (Wildman–Crippen LogP) is 5.31. The fourth-order valence-electron chi connectivity index (χ4n) is 4.09. The molecule has 8 heteroatoms. The number of amides is 2. The largest absolute Gasteiger partial charge is 0.326 e. The fourth-order valence-corrected chi connectivity index (χ4v) is 5.15. The summed E-state index contributed by atoms with van der Waals surface area (Å²) in [6, 6.07) is 23.7. The van der Waals surface area contributed by atoms with Crippen LogP contribution in [0.15, 0.2) is 89.0 Å². The highest BCUT2D eigenvalue weighted by atomic mass is 32.2. The Labute approximate surface area is 207 Å². The molecule has 0 fully saturated rings. The van der Waals surface area contributed by atoms with E-state index in [4.69, 9.17) is 5.10 Å². The van der Waals surface area contributed by atoms with E-state index < -0.39 is 11.1 Å². The normalized spacial score (nSPS) is 19.5. The van der Waals surface area contributed by atoms with Crippen LogP contribution < -0.4 is 5.32 Å². The number of amidine groups is 1. The molecule has 2 unspecified atom stereocenters. The highest BCUT2D eigenvalue weighted by molar-refractivity contribution is 8.15. The molecule has 2 aliphatic rings. The molecule has 0 aromatic heterocycles. The second-order valence-electron chi connectivity index (χ2n) is 8.49. The van der Waals surface area contributed by atoms with Crippen LogP contribution in [0.5, 0.6) is 0 Å². The molecule has 5 rings (SSSR count). The van der Waals surface area contributed by atoms with Crippen molar-refractivity contribution in [2.45, 2.75) is 31.1 Å². The lowest BCUT2D eigenvalue weighted by molar-refractivity contribution is -0.121. The number of hydrogen-bond acceptors (Lipinski definition) is 5. The molecule has 0 radical (unpaired) electrons. The molecule has 0 aliphatic carbocycles. The van der Waals surface area contributed by atoms with E-state index in [-0.39, 0.29) is 24.3 Å². The fraction of sp³-hybridized carbons (Fsp3) is 0.185. The minimum absolute atomic E-state index is 0.0642. The smallest absolute Gasteiger partial charge is 0.262 e. The first-order valence-electron chi connectivity index (χ1n) is 11.3. The quantitative estimate of drug-likeness (QED) is 0.530. The van der Waals surface area contributed by atoms with E-state index in [1.165, 1.54) is 30.0 Å². The molecule has 2 amide bonds. The van der Waals surface area contributed by atoms with Crippen molar-refractivity contribution in [3.05, 3.63) is 101 Å². The molecule has 0 spiro atoms. The summed E-state index contributed by atoms with van der Waals surface area (Å²) in [5.74, 6) is -1.18. The van der Waals surface area contributed by atoms with Gasteiger partial charge in [-0.1, -0.05) is 78.0 Å². The van der Waals surface area contributed by atoms with E-state index in [0.717, 1.165) is 22.4 Å². The van der Waals surface area contributed by atoms with Crippen LogP contribution in [0.4, 0.5) is 10.1 Å². The standard InChI is InChI=1S/C27H23FN4O2S/c1-17-10-12-19(13-11-17)23-15-22(18-6-3-2-4-7-18)31-32(23)27-30-26(34)24(35-27)16-25(33)29-21-9-5-8-20(28)14-21/h2-14,23-24H,15-16H2,1H3,(H,29,33). The molecule has 0 saturated carbocycles. The molecule has 6 nitrogen and oxygen atoms in total. The van der Waals surface area contributed by atoms with Crippen LogP contribution in [-0.2, 0) is 9.59 Å². The maximum absolute atomic E-state index is 13.4. The Hall–Kier alpha value is -3.78. The second-order valence-corrected chi connectivity index (χ2v) is 9.66. The molecule has 1 N–H and O–H groups in total. The minimum atomic E-state index is -0.659. The van der Waals surface area contributed by atoms with Gasteiger partial charge in [-0.2, -0.15) is 10.1 Å². The Balaban J connectivity index is 1.34. The molecule has 35 heavy (non-hydrogen) atoms. The Bertz CT molecular complexity index is 1320. The number of hydrogen-bond donors (Lipinski definition) is 1. The van der Waals surface area contributed by atoms with Gasteiger partial charge in [0.25, 0.3) is 5.91 Å². The van der Waals surface area contributed by atoms with E-state index in [2.05, 4.69) is 34.6 Å². The number of carbonyl (C=O) groups is 2. The number of thioether (sulfide) groups is 1. The molecule has 3 aromatic carbocycles. The third-order valence-corrected chi connectivity index (χ3v) is 7.03. The van der Waals surface area contributed by atoms with E-state index in [1.54, 1.807) is 11.1 Å². The van der Waals surface area contributed by atoms with Gasteiger partial charge in [0.15, 0.2) is 5.17 Å². The first-order chi connectivity index (χ1) is 17.0. The van der Waals surface area contributed by atoms with Crippen LogP contribution in [0.1, 0.15) is 35.6 Å². The highest BCUT2D eigenvalue weighted by Gasteiger charge is 2.39. The van der Waals surface area contributed by atoms with Gasteiger partial charge in [0.2, 0.25) is 5.91 Å². The molecule has 2 heterocycles. The van der Waals surface area contributed by atoms with Gasteiger partial charge in [-0.05, 0) is 36.2 Å². The van der Waals surface area contributed by atoms with E-state index in [0.29, 0.717) is 17.3 Å². The van der Waals surface area contributed by atoms with Crippen LogP contribution in [0, 0.1) is 12.7 Å². The SMILES string of the molecule is Cc1ccc(C2CC(c3ccccc3)=NN2C2=NC(=O)C(CC(=O)Nc3cccc(F)c3)S2)cc1. The number of carbonyl (C=O) groups excluding carboxylic acids is 2. The molecule has 0 saturated heterocycles. The molecule has 2 atom stereocenters. The zero-order valence-corrected chi connectivity index (χ0v) is 19.8. The number of hydrazone groups is 1.